The van der Waals surface area contributed by atoms with Gasteiger partial charge in [-0.2, -0.15) is 5.10 Å². The zero-order chi connectivity index (χ0) is 11.3. The van der Waals surface area contributed by atoms with E-state index in [0.29, 0.717) is 5.92 Å². The fraction of sp³-hybridized carbons (Fsp3) is 0.727. The van der Waals surface area contributed by atoms with Crippen molar-refractivity contribution in [1.29, 1.82) is 0 Å². The monoisotopic (exact) mass is 212 g/mol. The fourth-order valence-corrected chi connectivity index (χ4v) is 1.57. The minimum atomic E-state index is 0.224. The number of quaternary nitrogens is 1. The van der Waals surface area contributed by atoms with Crippen LogP contribution >= 0.6 is 0 Å². The van der Waals surface area contributed by atoms with E-state index in [1.54, 1.807) is 4.68 Å². The second kappa shape index (κ2) is 5.88. The first-order chi connectivity index (χ1) is 7.11. The van der Waals surface area contributed by atoms with Crippen molar-refractivity contribution in [2.75, 3.05) is 6.61 Å². The summed E-state index contributed by atoms with van der Waals surface area (Å²) >= 11 is 0. The minimum Gasteiger partial charge on any atom is -0.390 e. The van der Waals surface area contributed by atoms with E-state index in [0.717, 1.165) is 18.5 Å². The third-order valence-electron chi connectivity index (χ3n) is 2.50. The van der Waals surface area contributed by atoms with Crippen molar-refractivity contribution in [2.45, 2.75) is 32.7 Å². The quantitative estimate of drug-likeness (QED) is 0.717. The highest BCUT2D eigenvalue weighted by molar-refractivity contribution is 5.18. The van der Waals surface area contributed by atoms with Gasteiger partial charge in [0, 0.05) is 13.5 Å². The second-order valence-electron chi connectivity index (χ2n) is 4.53. The van der Waals surface area contributed by atoms with Crippen molar-refractivity contribution in [3.05, 3.63) is 12.4 Å². The van der Waals surface area contributed by atoms with Crippen LogP contribution in [0.1, 0.15) is 26.7 Å². The van der Waals surface area contributed by atoms with Gasteiger partial charge in [0.25, 0.3) is 0 Å². The van der Waals surface area contributed by atoms with Crippen LogP contribution in [0.4, 0.5) is 5.69 Å². The van der Waals surface area contributed by atoms with Crippen LogP contribution in [0.5, 0.6) is 0 Å². The third-order valence-corrected chi connectivity index (χ3v) is 2.50. The molecular formula is C11H22N3O+. The Kier molecular flexibility index (Phi) is 4.78. The molecule has 0 aliphatic rings. The third kappa shape index (κ3) is 4.44. The molecule has 0 aromatic carbocycles. The van der Waals surface area contributed by atoms with Gasteiger partial charge >= 0.3 is 0 Å². The zero-order valence-corrected chi connectivity index (χ0v) is 9.85. The van der Waals surface area contributed by atoms with E-state index >= 15 is 0 Å². The number of nitrogens with two attached hydrogens (primary N) is 1. The van der Waals surface area contributed by atoms with Crippen molar-refractivity contribution in [2.24, 2.45) is 13.0 Å². The molecule has 86 valence electrons. The lowest BCUT2D eigenvalue weighted by molar-refractivity contribution is -0.614. The molecule has 0 fully saturated rings. The summed E-state index contributed by atoms with van der Waals surface area (Å²) in [5, 5.41) is 15.5. The summed E-state index contributed by atoms with van der Waals surface area (Å²) in [6.45, 7) is 4.64. The highest BCUT2D eigenvalue weighted by Crippen LogP contribution is 2.05. The molecule has 4 heteroatoms. The molecule has 15 heavy (non-hydrogen) atoms. The summed E-state index contributed by atoms with van der Waals surface area (Å²) in [7, 11) is 1.90. The van der Waals surface area contributed by atoms with Crippen LogP contribution in [0.15, 0.2) is 12.4 Å². The average molecular weight is 212 g/mol. The topological polar surface area (TPSA) is 54.7 Å². The second-order valence-corrected chi connectivity index (χ2v) is 4.53. The lowest BCUT2D eigenvalue weighted by Gasteiger charge is -2.12. The average Bonchev–Trinajstić information content (AvgIpc) is 2.58. The Morgan fingerprint density at radius 2 is 2.20 bits per heavy atom. The fourth-order valence-electron chi connectivity index (χ4n) is 1.57. The summed E-state index contributed by atoms with van der Waals surface area (Å²) in [5.74, 6) is 0.696. The summed E-state index contributed by atoms with van der Waals surface area (Å²) < 4.78 is 1.78. The van der Waals surface area contributed by atoms with Gasteiger partial charge in [0.05, 0.1) is 12.8 Å². The molecule has 3 N–H and O–H groups in total. The number of aliphatic hydroxyl groups excluding tert-OH is 1. The maximum atomic E-state index is 9.25. The Labute approximate surface area is 91.3 Å². The van der Waals surface area contributed by atoms with Crippen LogP contribution in [0.2, 0.25) is 0 Å². The zero-order valence-electron chi connectivity index (χ0n) is 9.85. The SMILES string of the molecule is CC(C)CCC(CO)[NH2+]c1cnn(C)c1. The molecule has 0 saturated carbocycles. The van der Waals surface area contributed by atoms with E-state index in [4.69, 9.17) is 0 Å². The van der Waals surface area contributed by atoms with E-state index in [-0.39, 0.29) is 12.6 Å². The van der Waals surface area contributed by atoms with Crippen molar-refractivity contribution >= 4 is 5.69 Å². The Hall–Kier alpha value is -0.870. The highest BCUT2D eigenvalue weighted by Gasteiger charge is 2.13. The first-order valence-electron chi connectivity index (χ1n) is 5.56. The van der Waals surface area contributed by atoms with Crippen molar-refractivity contribution in [3.63, 3.8) is 0 Å². The summed E-state index contributed by atoms with van der Waals surface area (Å²) in [6, 6.07) is 0.261. The molecule has 0 radical (unpaired) electrons. The molecule has 0 saturated heterocycles. The van der Waals surface area contributed by atoms with Crippen molar-refractivity contribution in [1.82, 2.24) is 9.78 Å². The molecule has 1 heterocycles. The summed E-state index contributed by atoms with van der Waals surface area (Å²) in [4.78, 5) is 0. The van der Waals surface area contributed by atoms with E-state index in [1.807, 2.05) is 19.4 Å². The van der Waals surface area contributed by atoms with Gasteiger partial charge in [0.2, 0.25) is 0 Å². The van der Waals surface area contributed by atoms with Gasteiger partial charge in [0.1, 0.15) is 12.2 Å². The largest absolute Gasteiger partial charge is 0.390 e. The number of nitrogens with zero attached hydrogens (tertiary/aromatic N) is 2. The van der Waals surface area contributed by atoms with Crippen LogP contribution < -0.4 is 5.32 Å². The molecule has 0 aliphatic carbocycles. The molecule has 0 bridgehead atoms. The number of aryl methyl sites for hydroxylation is 1. The molecule has 0 spiro atoms. The van der Waals surface area contributed by atoms with Crippen LogP contribution in [0.3, 0.4) is 0 Å². The highest BCUT2D eigenvalue weighted by atomic mass is 16.3. The number of aliphatic hydroxyl groups is 1. The van der Waals surface area contributed by atoms with Crippen LogP contribution in [-0.2, 0) is 7.05 Å². The molecule has 4 nitrogen and oxygen atoms in total. The maximum absolute atomic E-state index is 9.25. The van der Waals surface area contributed by atoms with Crippen LogP contribution in [0, 0.1) is 5.92 Å². The lowest BCUT2D eigenvalue weighted by atomic mass is 10.0. The Bertz CT molecular complexity index is 283. The predicted octanol–water partition coefficient (Wildman–Crippen LogP) is 0.412. The molecule has 1 atom stereocenters. The lowest BCUT2D eigenvalue weighted by Crippen LogP contribution is -2.85. The van der Waals surface area contributed by atoms with Gasteiger partial charge in [-0.25, -0.2) is 0 Å². The molecular weight excluding hydrogens is 190 g/mol. The number of hydrogen-bond acceptors (Lipinski definition) is 2. The predicted molar refractivity (Wildman–Crippen MR) is 59.7 cm³/mol. The Morgan fingerprint density at radius 3 is 2.67 bits per heavy atom. The first-order valence-corrected chi connectivity index (χ1v) is 5.56. The van der Waals surface area contributed by atoms with E-state index in [2.05, 4.69) is 24.3 Å². The van der Waals surface area contributed by atoms with Gasteiger partial charge in [0.15, 0.2) is 5.69 Å². The minimum absolute atomic E-state index is 0.224. The van der Waals surface area contributed by atoms with E-state index in [9.17, 15) is 5.11 Å². The van der Waals surface area contributed by atoms with E-state index < -0.39 is 0 Å². The first kappa shape index (κ1) is 12.2. The van der Waals surface area contributed by atoms with Gasteiger partial charge in [-0.3, -0.25) is 4.68 Å². The molecule has 0 amide bonds. The molecule has 1 rings (SSSR count). The number of aromatic nitrogens is 2. The molecule has 1 unspecified atom stereocenters. The van der Waals surface area contributed by atoms with Gasteiger partial charge in [-0.15, -0.1) is 0 Å². The smallest absolute Gasteiger partial charge is 0.168 e. The van der Waals surface area contributed by atoms with Crippen molar-refractivity contribution < 1.29 is 10.4 Å². The van der Waals surface area contributed by atoms with Crippen molar-refractivity contribution in [3.8, 4) is 0 Å². The Morgan fingerprint density at radius 1 is 1.47 bits per heavy atom. The molecule has 1 aromatic rings. The summed E-state index contributed by atoms with van der Waals surface area (Å²) in [5.41, 5.74) is 1.10. The van der Waals surface area contributed by atoms with Gasteiger partial charge < -0.3 is 10.4 Å². The van der Waals surface area contributed by atoms with Crippen LogP contribution in [0.25, 0.3) is 0 Å². The number of rotatable bonds is 6. The normalized spacial score (nSPS) is 13.4. The maximum Gasteiger partial charge on any atom is 0.168 e. The molecule has 0 aliphatic heterocycles. The Balaban J connectivity index is 2.39. The number of hydrogen-bond donors (Lipinski definition) is 2. The molecule has 1 aromatic heterocycles. The van der Waals surface area contributed by atoms with E-state index in [1.165, 1.54) is 0 Å². The standard InChI is InChI=1S/C11H21N3O/c1-9(2)4-5-10(8-15)13-11-6-12-14(3)7-11/h6-7,9-10,13,15H,4-5,8H2,1-3H3/p+1. The van der Waals surface area contributed by atoms with Gasteiger partial charge in [-0.1, -0.05) is 13.8 Å². The van der Waals surface area contributed by atoms with Crippen LogP contribution in [-0.4, -0.2) is 27.5 Å². The summed E-state index contributed by atoms with van der Waals surface area (Å²) in [6.07, 6.45) is 6.00. The van der Waals surface area contributed by atoms with Gasteiger partial charge in [-0.05, 0) is 12.3 Å².